The fraction of sp³-hybridized carbons (Fsp3) is 0.471. The van der Waals surface area contributed by atoms with E-state index in [0.717, 1.165) is 6.07 Å². The topological polar surface area (TPSA) is 120 Å². The number of amides is 2. The minimum absolute atomic E-state index is 0.113. The number of ether oxygens (including phenoxy) is 2. The highest BCUT2D eigenvalue weighted by atomic mass is 19.1. The molecule has 0 unspecified atom stereocenters. The minimum atomic E-state index is -1.08. The second-order valence-corrected chi connectivity index (χ2v) is 5.91. The van der Waals surface area contributed by atoms with Crippen molar-refractivity contribution in [3.05, 3.63) is 24.0 Å². The number of carbonyl (C=O) groups excluding carboxylic acids is 3. The van der Waals surface area contributed by atoms with Crippen LogP contribution in [0.25, 0.3) is 0 Å². The summed E-state index contributed by atoms with van der Waals surface area (Å²) in [5.74, 6) is 1.96. The lowest BCUT2D eigenvalue weighted by Gasteiger charge is -2.27. The van der Waals surface area contributed by atoms with E-state index in [-0.39, 0.29) is 23.7 Å². The van der Waals surface area contributed by atoms with Crippen LogP contribution in [-0.2, 0) is 19.1 Å². The molecule has 0 radical (unpaired) electrons. The fourth-order valence-corrected chi connectivity index (χ4v) is 2.78. The van der Waals surface area contributed by atoms with E-state index >= 15 is 0 Å². The van der Waals surface area contributed by atoms with Crippen LogP contribution in [0.5, 0.6) is 5.75 Å². The summed E-state index contributed by atoms with van der Waals surface area (Å²) < 4.78 is 24.8. The lowest BCUT2D eigenvalue weighted by molar-refractivity contribution is -0.149. The van der Waals surface area contributed by atoms with Gasteiger partial charge in [0.05, 0.1) is 24.3 Å². The van der Waals surface area contributed by atoms with Gasteiger partial charge in [-0.1, -0.05) is 0 Å². The van der Waals surface area contributed by atoms with Crippen molar-refractivity contribution in [2.45, 2.75) is 38.7 Å². The molecule has 2 amide bonds. The minimum Gasteiger partial charge on any atom is -0.490 e. The quantitative estimate of drug-likeness (QED) is 0.237. The van der Waals surface area contributed by atoms with Gasteiger partial charge >= 0.3 is 17.8 Å². The first kappa shape index (κ1) is 19.6. The van der Waals surface area contributed by atoms with Crippen LogP contribution >= 0.6 is 0 Å². The van der Waals surface area contributed by atoms with Gasteiger partial charge < -0.3 is 14.8 Å². The highest BCUT2D eigenvalue weighted by Gasteiger charge is 2.28. The van der Waals surface area contributed by atoms with Gasteiger partial charge in [0.1, 0.15) is 11.6 Å². The van der Waals surface area contributed by atoms with E-state index < -0.39 is 17.6 Å². The van der Waals surface area contributed by atoms with E-state index in [4.69, 9.17) is 15.3 Å². The smallest absolute Gasteiger partial charge is 0.323 e. The molecule has 0 saturated heterocycles. The molecule has 0 bridgehead atoms. The highest BCUT2D eigenvalue weighted by Crippen LogP contribution is 2.29. The zero-order valence-electron chi connectivity index (χ0n) is 14.4. The summed E-state index contributed by atoms with van der Waals surface area (Å²) in [6.45, 7) is 2.14. The first-order valence-corrected chi connectivity index (χ1v) is 8.39. The first-order valence-electron chi connectivity index (χ1n) is 8.39. The average Bonchev–Trinajstić information content (AvgIpc) is 2.64. The molecule has 1 saturated carbocycles. The van der Waals surface area contributed by atoms with Gasteiger partial charge in [-0.3, -0.25) is 19.8 Å². The second kappa shape index (κ2) is 9.14. The summed E-state index contributed by atoms with van der Waals surface area (Å²) in [5, 5.41) is 2.11. The Morgan fingerprint density at radius 3 is 2.46 bits per heavy atom. The molecule has 142 valence electrons. The number of hydrogen-bond donors (Lipinski definition) is 3. The molecule has 1 aromatic carbocycles. The van der Waals surface area contributed by atoms with Crippen molar-refractivity contribution < 1.29 is 28.2 Å². The van der Waals surface area contributed by atoms with Crippen molar-refractivity contribution in [2.75, 3.05) is 11.9 Å². The van der Waals surface area contributed by atoms with E-state index in [1.54, 1.807) is 12.3 Å². The van der Waals surface area contributed by atoms with Crippen molar-refractivity contribution in [3.63, 3.8) is 0 Å². The largest absolute Gasteiger partial charge is 0.490 e. The molecule has 0 aromatic heterocycles. The van der Waals surface area contributed by atoms with Crippen molar-refractivity contribution in [1.82, 2.24) is 5.43 Å². The van der Waals surface area contributed by atoms with Gasteiger partial charge in [0.25, 0.3) is 0 Å². The third-order valence-corrected chi connectivity index (χ3v) is 4.12. The van der Waals surface area contributed by atoms with Gasteiger partial charge in [-0.05, 0) is 44.7 Å². The summed E-state index contributed by atoms with van der Waals surface area (Å²) in [5.41, 5.74) is 1.50. The van der Waals surface area contributed by atoms with Crippen molar-refractivity contribution in [2.24, 2.45) is 11.8 Å². The molecular formula is C17H22FN3O5. The number of rotatable bonds is 5. The van der Waals surface area contributed by atoms with Crippen LogP contribution < -0.4 is 21.3 Å². The molecule has 1 aliphatic carbocycles. The monoisotopic (exact) mass is 367 g/mol. The summed E-state index contributed by atoms with van der Waals surface area (Å²) in [6, 6.07) is 3.93. The fourth-order valence-electron chi connectivity index (χ4n) is 2.78. The molecule has 0 atom stereocenters. The summed E-state index contributed by atoms with van der Waals surface area (Å²) in [7, 11) is 0. The van der Waals surface area contributed by atoms with Gasteiger partial charge in [0.15, 0.2) is 0 Å². The molecule has 1 aliphatic rings. The predicted molar refractivity (Wildman–Crippen MR) is 90.4 cm³/mol. The maximum Gasteiger partial charge on any atom is 0.323 e. The number of nitrogens with two attached hydrogens (primary N) is 1. The van der Waals surface area contributed by atoms with E-state index in [9.17, 15) is 18.8 Å². The van der Waals surface area contributed by atoms with E-state index in [1.807, 2.05) is 0 Å². The SMILES string of the molecule is CCOC(=O)[C@H]1CC[C@@H](Oc2ccc(NC(=O)C(=O)NN)c(F)c2)CC1. The molecule has 2 rings (SSSR count). The number of nitrogens with one attached hydrogen (secondary N) is 2. The Labute approximate surface area is 150 Å². The Kier molecular flexibility index (Phi) is 6.90. The van der Waals surface area contributed by atoms with Gasteiger partial charge in [0.2, 0.25) is 0 Å². The van der Waals surface area contributed by atoms with Gasteiger partial charge in [-0.25, -0.2) is 10.2 Å². The van der Waals surface area contributed by atoms with Crippen LogP contribution in [0.3, 0.4) is 0 Å². The lowest BCUT2D eigenvalue weighted by Crippen LogP contribution is -2.39. The summed E-state index contributed by atoms with van der Waals surface area (Å²) in [4.78, 5) is 34.2. The third kappa shape index (κ3) is 5.16. The number of hydrazine groups is 1. The molecule has 1 aromatic rings. The Bertz CT molecular complexity index is 674. The number of hydrogen-bond acceptors (Lipinski definition) is 6. The maximum atomic E-state index is 14.1. The van der Waals surface area contributed by atoms with Gasteiger partial charge in [0, 0.05) is 6.07 Å². The second-order valence-electron chi connectivity index (χ2n) is 5.91. The van der Waals surface area contributed by atoms with Crippen LogP contribution in [0, 0.1) is 11.7 Å². The van der Waals surface area contributed by atoms with E-state index in [0.29, 0.717) is 38.0 Å². The van der Waals surface area contributed by atoms with Crippen LogP contribution in [0.2, 0.25) is 0 Å². The van der Waals surface area contributed by atoms with Crippen molar-refractivity contribution >= 4 is 23.5 Å². The number of benzene rings is 1. The van der Waals surface area contributed by atoms with Crippen molar-refractivity contribution in [3.8, 4) is 5.75 Å². The number of anilines is 1. The molecule has 0 spiro atoms. The Morgan fingerprint density at radius 2 is 1.88 bits per heavy atom. The maximum absolute atomic E-state index is 14.1. The van der Waals surface area contributed by atoms with Crippen LogP contribution in [-0.4, -0.2) is 30.5 Å². The first-order chi connectivity index (χ1) is 12.4. The van der Waals surface area contributed by atoms with Crippen LogP contribution in [0.15, 0.2) is 18.2 Å². The molecule has 9 heteroatoms. The zero-order valence-corrected chi connectivity index (χ0v) is 14.4. The average molecular weight is 367 g/mol. The third-order valence-electron chi connectivity index (χ3n) is 4.12. The molecular weight excluding hydrogens is 345 g/mol. The highest BCUT2D eigenvalue weighted by molar-refractivity contribution is 6.39. The number of halogens is 1. The molecule has 26 heavy (non-hydrogen) atoms. The Hall–Kier alpha value is -2.68. The van der Waals surface area contributed by atoms with Gasteiger partial charge in [-0.2, -0.15) is 0 Å². The summed E-state index contributed by atoms with van der Waals surface area (Å²) >= 11 is 0. The Morgan fingerprint density at radius 1 is 1.19 bits per heavy atom. The number of carbonyl (C=O) groups is 3. The van der Waals surface area contributed by atoms with Crippen LogP contribution in [0.4, 0.5) is 10.1 Å². The molecule has 1 fully saturated rings. The van der Waals surface area contributed by atoms with Crippen molar-refractivity contribution in [1.29, 1.82) is 0 Å². The lowest BCUT2D eigenvalue weighted by atomic mass is 9.87. The molecule has 4 N–H and O–H groups in total. The van der Waals surface area contributed by atoms with Gasteiger partial charge in [-0.15, -0.1) is 0 Å². The normalized spacial score (nSPS) is 19.3. The standard InChI is InChI=1S/C17H22FN3O5/c1-2-25-17(24)10-3-5-11(6-4-10)26-12-7-8-14(13(18)9-12)20-15(22)16(23)21-19/h7-11H,2-6,19H2,1H3,(H,20,22)(H,21,23)/t10-,11+. The molecule has 0 aliphatic heterocycles. The molecule has 0 heterocycles. The summed E-state index contributed by atoms with van der Waals surface area (Å²) in [6.07, 6.45) is 2.53. The number of esters is 1. The van der Waals surface area contributed by atoms with E-state index in [1.165, 1.54) is 12.1 Å². The predicted octanol–water partition coefficient (Wildman–Crippen LogP) is 1.25. The Balaban J connectivity index is 1.89. The molecule has 8 nitrogen and oxygen atoms in total. The zero-order chi connectivity index (χ0) is 19.1. The van der Waals surface area contributed by atoms with E-state index in [2.05, 4.69) is 5.32 Å². The van der Waals surface area contributed by atoms with Crippen LogP contribution in [0.1, 0.15) is 32.6 Å².